The number of phenols is 2. The number of halogens is 1. The molecule has 0 spiro atoms. The number of benzene rings is 2. The van der Waals surface area contributed by atoms with Crippen molar-refractivity contribution in [1.29, 1.82) is 0 Å². The molecule has 5 nitrogen and oxygen atoms in total. The Kier molecular flexibility index (Phi) is 4.91. The molecule has 0 radical (unpaired) electrons. The van der Waals surface area contributed by atoms with Crippen molar-refractivity contribution in [2.45, 2.75) is 13.8 Å². The summed E-state index contributed by atoms with van der Waals surface area (Å²) in [6, 6.07) is 7.05. The summed E-state index contributed by atoms with van der Waals surface area (Å²) in [4.78, 5) is 24.4. The number of esters is 1. The minimum atomic E-state index is -0.782. The van der Waals surface area contributed by atoms with Gasteiger partial charge in [0.05, 0.1) is 17.2 Å². The zero-order chi connectivity index (χ0) is 17.1. The van der Waals surface area contributed by atoms with Gasteiger partial charge in [0.1, 0.15) is 17.1 Å². The number of carbonyl (C=O) groups excluding carboxylic acids is 2. The van der Waals surface area contributed by atoms with Crippen molar-refractivity contribution < 1.29 is 24.5 Å². The summed E-state index contributed by atoms with van der Waals surface area (Å²) in [5.74, 6) is -1.92. The second kappa shape index (κ2) is 6.71. The molecule has 0 aromatic heterocycles. The zero-order valence-electron chi connectivity index (χ0n) is 12.6. The lowest BCUT2D eigenvalue weighted by Crippen LogP contribution is -2.09. The predicted octanol–water partition coefficient (Wildman–Crippen LogP) is 3.47. The molecular weight excluding hydrogens is 320 g/mol. The van der Waals surface area contributed by atoms with Crippen LogP contribution < -0.4 is 0 Å². The molecule has 0 amide bonds. The lowest BCUT2D eigenvalue weighted by Gasteiger charge is -2.10. The van der Waals surface area contributed by atoms with E-state index in [9.17, 15) is 19.8 Å². The number of ether oxygens (including phenoxy) is 1. The maximum Gasteiger partial charge on any atom is 0.341 e. The van der Waals surface area contributed by atoms with Crippen LogP contribution in [0.15, 0.2) is 30.3 Å². The first-order valence-corrected chi connectivity index (χ1v) is 7.27. The highest BCUT2D eigenvalue weighted by Crippen LogP contribution is 2.31. The van der Waals surface area contributed by atoms with E-state index >= 15 is 0 Å². The van der Waals surface area contributed by atoms with Crippen LogP contribution >= 0.6 is 11.6 Å². The molecule has 0 aliphatic rings. The minimum absolute atomic E-state index is 0.0664. The molecule has 2 N–H and O–H groups in total. The Hall–Kier alpha value is -2.53. The van der Waals surface area contributed by atoms with Gasteiger partial charge in [0.2, 0.25) is 0 Å². The maximum absolute atomic E-state index is 12.6. The number of hydrogen-bond acceptors (Lipinski definition) is 5. The maximum atomic E-state index is 12.6. The molecule has 0 atom stereocenters. The van der Waals surface area contributed by atoms with Crippen LogP contribution in [0.4, 0.5) is 0 Å². The third kappa shape index (κ3) is 3.46. The molecule has 2 aromatic rings. The van der Waals surface area contributed by atoms with Crippen LogP contribution in [0.25, 0.3) is 0 Å². The standard InChI is InChI=1S/C17H15ClO5/c1-3-23-17(22)12-7-10(8-13(18)16(12)21)15(20)11-6-9(2)4-5-14(11)19/h4-8,19,21H,3H2,1-2H3. The van der Waals surface area contributed by atoms with E-state index in [1.165, 1.54) is 24.3 Å². The molecule has 2 aromatic carbocycles. The number of ketones is 1. The van der Waals surface area contributed by atoms with Gasteiger partial charge < -0.3 is 14.9 Å². The van der Waals surface area contributed by atoms with Gasteiger partial charge in [-0.15, -0.1) is 0 Å². The van der Waals surface area contributed by atoms with Crippen molar-refractivity contribution >= 4 is 23.4 Å². The molecule has 0 saturated carbocycles. The van der Waals surface area contributed by atoms with E-state index < -0.39 is 17.5 Å². The average molecular weight is 335 g/mol. The van der Waals surface area contributed by atoms with Gasteiger partial charge in [-0.2, -0.15) is 0 Å². The third-order valence-electron chi connectivity index (χ3n) is 3.22. The lowest BCUT2D eigenvalue weighted by molar-refractivity contribution is 0.0523. The van der Waals surface area contributed by atoms with E-state index in [1.54, 1.807) is 19.9 Å². The number of aromatic hydroxyl groups is 2. The Labute approximate surface area is 138 Å². The monoisotopic (exact) mass is 334 g/mol. The Morgan fingerprint density at radius 3 is 2.48 bits per heavy atom. The van der Waals surface area contributed by atoms with Crippen LogP contribution in [-0.2, 0) is 4.74 Å². The molecule has 0 bridgehead atoms. The third-order valence-corrected chi connectivity index (χ3v) is 3.51. The second-order valence-corrected chi connectivity index (χ2v) is 5.33. The molecule has 0 saturated heterocycles. The first-order chi connectivity index (χ1) is 10.8. The van der Waals surface area contributed by atoms with E-state index in [-0.39, 0.29) is 34.1 Å². The summed E-state index contributed by atoms with van der Waals surface area (Å²) < 4.78 is 4.83. The minimum Gasteiger partial charge on any atom is -0.507 e. The van der Waals surface area contributed by atoms with Crippen LogP contribution in [0.3, 0.4) is 0 Å². The average Bonchev–Trinajstić information content (AvgIpc) is 2.51. The van der Waals surface area contributed by atoms with Gasteiger partial charge in [-0.05, 0) is 38.1 Å². The van der Waals surface area contributed by atoms with Gasteiger partial charge in [0, 0.05) is 5.56 Å². The highest BCUT2D eigenvalue weighted by Gasteiger charge is 2.21. The first-order valence-electron chi connectivity index (χ1n) is 6.89. The Balaban J connectivity index is 2.53. The van der Waals surface area contributed by atoms with Crippen molar-refractivity contribution in [3.8, 4) is 11.5 Å². The van der Waals surface area contributed by atoms with Crippen LogP contribution in [-0.4, -0.2) is 28.6 Å². The fraction of sp³-hybridized carbons (Fsp3) is 0.176. The summed E-state index contributed by atoms with van der Waals surface area (Å²) in [6.07, 6.45) is 0. The summed E-state index contributed by atoms with van der Waals surface area (Å²) in [5.41, 5.74) is 0.745. The molecule has 120 valence electrons. The Bertz CT molecular complexity index is 783. The largest absolute Gasteiger partial charge is 0.507 e. The molecule has 2 rings (SSSR count). The SMILES string of the molecule is CCOC(=O)c1cc(C(=O)c2cc(C)ccc2O)cc(Cl)c1O. The first kappa shape index (κ1) is 16.8. The van der Waals surface area contributed by atoms with E-state index in [2.05, 4.69) is 0 Å². The summed E-state index contributed by atoms with van der Waals surface area (Å²) in [6.45, 7) is 3.52. The fourth-order valence-corrected chi connectivity index (χ4v) is 2.30. The van der Waals surface area contributed by atoms with Crippen LogP contribution in [0.5, 0.6) is 11.5 Å². The number of hydrogen-bond donors (Lipinski definition) is 2. The highest BCUT2D eigenvalue weighted by atomic mass is 35.5. The van der Waals surface area contributed by atoms with Crippen molar-refractivity contribution in [2.75, 3.05) is 6.61 Å². The molecule has 0 aliphatic carbocycles. The van der Waals surface area contributed by atoms with Crippen molar-refractivity contribution in [2.24, 2.45) is 0 Å². The van der Waals surface area contributed by atoms with Crippen LogP contribution in [0.2, 0.25) is 5.02 Å². The van der Waals surface area contributed by atoms with Gasteiger partial charge in [-0.3, -0.25) is 4.79 Å². The fourth-order valence-electron chi connectivity index (χ4n) is 2.08. The topological polar surface area (TPSA) is 83.8 Å². The molecule has 23 heavy (non-hydrogen) atoms. The van der Waals surface area contributed by atoms with Gasteiger partial charge in [0.25, 0.3) is 0 Å². The number of aryl methyl sites for hydroxylation is 1. The zero-order valence-corrected chi connectivity index (χ0v) is 13.3. The van der Waals surface area contributed by atoms with Crippen molar-refractivity contribution in [3.63, 3.8) is 0 Å². The van der Waals surface area contributed by atoms with Crippen molar-refractivity contribution in [3.05, 3.63) is 57.6 Å². The molecule has 0 aliphatic heterocycles. The number of phenolic OH excluding ortho intramolecular Hbond substituents is 2. The van der Waals surface area contributed by atoms with Gasteiger partial charge >= 0.3 is 5.97 Å². The molecular formula is C17H15ClO5. The van der Waals surface area contributed by atoms with Crippen LogP contribution in [0, 0.1) is 6.92 Å². The van der Waals surface area contributed by atoms with Gasteiger partial charge in [0.15, 0.2) is 5.78 Å². The van der Waals surface area contributed by atoms with E-state index in [0.29, 0.717) is 0 Å². The van der Waals surface area contributed by atoms with E-state index in [1.807, 2.05) is 0 Å². The summed E-state index contributed by atoms with van der Waals surface area (Å²) >= 11 is 5.89. The molecule has 0 unspecified atom stereocenters. The molecule has 0 fully saturated rings. The predicted molar refractivity (Wildman–Crippen MR) is 85.3 cm³/mol. The van der Waals surface area contributed by atoms with Crippen LogP contribution in [0.1, 0.15) is 38.8 Å². The summed E-state index contributed by atoms with van der Waals surface area (Å²) in [7, 11) is 0. The summed E-state index contributed by atoms with van der Waals surface area (Å²) in [5, 5.41) is 19.6. The molecule has 6 heteroatoms. The number of carbonyl (C=O) groups is 2. The Morgan fingerprint density at radius 2 is 1.83 bits per heavy atom. The lowest BCUT2D eigenvalue weighted by atomic mass is 9.98. The molecule has 0 heterocycles. The van der Waals surface area contributed by atoms with Crippen molar-refractivity contribution in [1.82, 2.24) is 0 Å². The highest BCUT2D eigenvalue weighted by molar-refractivity contribution is 6.33. The smallest absolute Gasteiger partial charge is 0.341 e. The second-order valence-electron chi connectivity index (χ2n) is 4.92. The van der Waals surface area contributed by atoms with E-state index in [0.717, 1.165) is 5.56 Å². The van der Waals surface area contributed by atoms with Gasteiger partial charge in [-0.1, -0.05) is 23.2 Å². The quantitative estimate of drug-likeness (QED) is 0.660. The normalized spacial score (nSPS) is 10.4. The van der Waals surface area contributed by atoms with Gasteiger partial charge in [-0.25, -0.2) is 4.79 Å². The Morgan fingerprint density at radius 1 is 1.13 bits per heavy atom. The number of rotatable bonds is 4. The van der Waals surface area contributed by atoms with E-state index in [4.69, 9.17) is 16.3 Å².